The summed E-state index contributed by atoms with van der Waals surface area (Å²) in [4.78, 5) is 16.5. The lowest BCUT2D eigenvalue weighted by atomic mass is 9.98. The fourth-order valence-corrected chi connectivity index (χ4v) is 2.89. The zero-order valence-electron chi connectivity index (χ0n) is 14.0. The first kappa shape index (κ1) is 15.8. The number of imidazole rings is 1. The van der Waals surface area contributed by atoms with Gasteiger partial charge in [0.1, 0.15) is 5.69 Å². The average molecular weight is 312 g/mol. The number of esters is 1. The summed E-state index contributed by atoms with van der Waals surface area (Å²) in [6.07, 6.45) is 5.84. The van der Waals surface area contributed by atoms with Crippen LogP contribution in [-0.2, 0) is 4.74 Å². The minimum absolute atomic E-state index is 0.0656. The van der Waals surface area contributed by atoms with Crippen LogP contribution in [0, 0.1) is 5.92 Å². The molecule has 23 heavy (non-hydrogen) atoms. The van der Waals surface area contributed by atoms with E-state index in [1.54, 1.807) is 12.5 Å². The number of nitrogens with zero attached hydrogens (tertiary/aromatic N) is 2. The fraction of sp³-hybridized carbons (Fsp3) is 0.474. The predicted molar refractivity (Wildman–Crippen MR) is 89.6 cm³/mol. The van der Waals surface area contributed by atoms with E-state index in [2.05, 4.69) is 36.2 Å². The first-order chi connectivity index (χ1) is 11.1. The van der Waals surface area contributed by atoms with Crippen LogP contribution in [0.3, 0.4) is 0 Å². The highest BCUT2D eigenvalue weighted by Gasteiger charge is 2.28. The molecule has 1 fully saturated rings. The average Bonchev–Trinajstić information content (AvgIpc) is 3.28. The van der Waals surface area contributed by atoms with E-state index in [4.69, 9.17) is 4.74 Å². The molecule has 0 saturated heterocycles. The highest BCUT2D eigenvalue weighted by molar-refractivity contribution is 5.87. The number of hydrogen-bond acceptors (Lipinski definition) is 3. The van der Waals surface area contributed by atoms with Crippen molar-refractivity contribution in [2.24, 2.45) is 5.92 Å². The Balaban J connectivity index is 1.85. The summed E-state index contributed by atoms with van der Waals surface area (Å²) in [5.41, 5.74) is 3.19. The maximum absolute atomic E-state index is 12.3. The Morgan fingerprint density at radius 1 is 1.30 bits per heavy atom. The first-order valence-corrected chi connectivity index (χ1v) is 8.35. The second-order valence-electron chi connectivity index (χ2n) is 6.76. The zero-order valence-corrected chi connectivity index (χ0v) is 14.0. The summed E-state index contributed by atoms with van der Waals surface area (Å²) >= 11 is 0. The van der Waals surface area contributed by atoms with Crippen molar-refractivity contribution in [1.29, 1.82) is 0 Å². The van der Waals surface area contributed by atoms with Crippen molar-refractivity contribution in [3.63, 3.8) is 0 Å². The van der Waals surface area contributed by atoms with Crippen molar-refractivity contribution in [2.45, 2.75) is 45.6 Å². The van der Waals surface area contributed by atoms with E-state index in [0.29, 0.717) is 24.1 Å². The van der Waals surface area contributed by atoms with Gasteiger partial charge < -0.3 is 9.30 Å². The van der Waals surface area contributed by atoms with E-state index >= 15 is 0 Å². The molecule has 0 amide bonds. The summed E-state index contributed by atoms with van der Waals surface area (Å²) in [6, 6.07) is 8.58. The Labute approximate surface area is 137 Å². The molecule has 0 aliphatic heterocycles. The standard InChI is InChI=1S/C19H24N2O2/c1-13(2)11-23-19(22)18-10-20-12-21(18)14(3)16-6-4-5-7-17(16)15-8-9-15/h4-7,10,12-15H,8-9,11H2,1-3H3/t14-/m1/s1. The van der Waals surface area contributed by atoms with E-state index in [1.165, 1.54) is 24.0 Å². The lowest BCUT2D eigenvalue weighted by Crippen LogP contribution is -2.18. The van der Waals surface area contributed by atoms with E-state index in [9.17, 15) is 4.79 Å². The Morgan fingerprint density at radius 3 is 2.74 bits per heavy atom. The van der Waals surface area contributed by atoms with Crippen molar-refractivity contribution in [1.82, 2.24) is 9.55 Å². The lowest BCUT2D eigenvalue weighted by molar-refractivity contribution is 0.0445. The smallest absolute Gasteiger partial charge is 0.356 e. The largest absolute Gasteiger partial charge is 0.461 e. The predicted octanol–water partition coefficient (Wildman–Crippen LogP) is 4.18. The van der Waals surface area contributed by atoms with Gasteiger partial charge in [-0.3, -0.25) is 0 Å². The van der Waals surface area contributed by atoms with Crippen molar-refractivity contribution in [3.8, 4) is 0 Å². The van der Waals surface area contributed by atoms with Gasteiger partial charge in [-0.2, -0.15) is 0 Å². The number of carbonyl (C=O) groups excluding carboxylic acids is 1. The second-order valence-corrected chi connectivity index (χ2v) is 6.76. The fourth-order valence-electron chi connectivity index (χ4n) is 2.89. The Morgan fingerprint density at radius 2 is 2.04 bits per heavy atom. The molecule has 0 bridgehead atoms. The molecule has 0 unspecified atom stereocenters. The Kier molecular flexibility index (Phi) is 4.51. The molecule has 122 valence electrons. The molecule has 3 rings (SSSR count). The highest BCUT2D eigenvalue weighted by atomic mass is 16.5. The van der Waals surface area contributed by atoms with Crippen LogP contribution in [0.25, 0.3) is 0 Å². The third-order valence-electron chi connectivity index (χ3n) is 4.30. The van der Waals surface area contributed by atoms with E-state index in [1.807, 2.05) is 18.4 Å². The maximum Gasteiger partial charge on any atom is 0.356 e. The van der Waals surface area contributed by atoms with E-state index in [0.717, 1.165) is 0 Å². The molecule has 2 aromatic rings. The van der Waals surface area contributed by atoms with Crippen LogP contribution in [0.4, 0.5) is 0 Å². The van der Waals surface area contributed by atoms with Crippen LogP contribution in [-0.4, -0.2) is 22.1 Å². The normalized spacial score (nSPS) is 15.7. The van der Waals surface area contributed by atoms with Crippen LogP contribution in [0.15, 0.2) is 36.8 Å². The van der Waals surface area contributed by atoms with Crippen molar-refractivity contribution < 1.29 is 9.53 Å². The Bertz CT molecular complexity index is 686. The van der Waals surface area contributed by atoms with Crippen molar-refractivity contribution >= 4 is 5.97 Å². The topological polar surface area (TPSA) is 44.1 Å². The summed E-state index contributed by atoms with van der Waals surface area (Å²) in [5.74, 6) is 0.698. The van der Waals surface area contributed by atoms with Crippen LogP contribution in [0.2, 0.25) is 0 Å². The van der Waals surface area contributed by atoms with Gasteiger partial charge in [-0.05, 0) is 42.7 Å². The molecule has 1 aromatic heterocycles. The van der Waals surface area contributed by atoms with Crippen molar-refractivity contribution in [3.05, 3.63) is 53.6 Å². The first-order valence-electron chi connectivity index (χ1n) is 8.35. The Hall–Kier alpha value is -2.10. The number of benzene rings is 1. The quantitative estimate of drug-likeness (QED) is 0.751. The molecule has 4 heteroatoms. The van der Waals surface area contributed by atoms with Gasteiger partial charge in [0.15, 0.2) is 0 Å². The number of hydrogen-bond donors (Lipinski definition) is 0. The zero-order chi connectivity index (χ0) is 16.4. The third kappa shape index (κ3) is 3.46. The van der Waals surface area contributed by atoms with Crippen LogP contribution < -0.4 is 0 Å². The van der Waals surface area contributed by atoms with Gasteiger partial charge in [0.25, 0.3) is 0 Å². The van der Waals surface area contributed by atoms with Gasteiger partial charge in [-0.25, -0.2) is 9.78 Å². The molecular weight excluding hydrogens is 288 g/mol. The molecule has 4 nitrogen and oxygen atoms in total. The molecular formula is C19H24N2O2. The van der Waals surface area contributed by atoms with Gasteiger partial charge >= 0.3 is 5.97 Å². The van der Waals surface area contributed by atoms with Crippen molar-refractivity contribution in [2.75, 3.05) is 6.61 Å². The van der Waals surface area contributed by atoms with Gasteiger partial charge in [0.2, 0.25) is 0 Å². The van der Waals surface area contributed by atoms with Gasteiger partial charge in [-0.15, -0.1) is 0 Å². The molecule has 1 aromatic carbocycles. The molecule has 1 saturated carbocycles. The summed E-state index contributed by atoms with van der Waals surface area (Å²) < 4.78 is 7.29. The van der Waals surface area contributed by atoms with E-state index < -0.39 is 0 Å². The molecule has 1 heterocycles. The minimum Gasteiger partial charge on any atom is -0.461 e. The van der Waals surface area contributed by atoms with Gasteiger partial charge in [-0.1, -0.05) is 38.1 Å². The molecule has 0 N–H and O–H groups in total. The van der Waals surface area contributed by atoms with E-state index in [-0.39, 0.29) is 12.0 Å². The maximum atomic E-state index is 12.3. The monoisotopic (exact) mass is 312 g/mol. The number of aromatic nitrogens is 2. The summed E-state index contributed by atoms with van der Waals surface area (Å²) in [6.45, 7) is 6.59. The molecule has 1 aliphatic carbocycles. The number of rotatable bonds is 6. The SMILES string of the molecule is CC(C)COC(=O)c1cncn1[C@H](C)c1ccccc1C1CC1. The third-order valence-corrected chi connectivity index (χ3v) is 4.30. The summed E-state index contributed by atoms with van der Waals surface area (Å²) in [5, 5.41) is 0. The van der Waals surface area contributed by atoms with Crippen LogP contribution in [0.1, 0.15) is 67.2 Å². The minimum atomic E-state index is -0.299. The van der Waals surface area contributed by atoms with Gasteiger partial charge in [0, 0.05) is 0 Å². The lowest BCUT2D eigenvalue weighted by Gasteiger charge is -2.20. The van der Waals surface area contributed by atoms with Crippen LogP contribution >= 0.6 is 0 Å². The molecule has 0 spiro atoms. The van der Waals surface area contributed by atoms with Crippen LogP contribution in [0.5, 0.6) is 0 Å². The highest BCUT2D eigenvalue weighted by Crippen LogP contribution is 2.43. The molecule has 1 aliphatic rings. The summed E-state index contributed by atoms with van der Waals surface area (Å²) in [7, 11) is 0. The van der Waals surface area contributed by atoms with Gasteiger partial charge in [0.05, 0.1) is 25.2 Å². The molecule has 0 radical (unpaired) electrons. The molecule has 1 atom stereocenters. The number of carbonyl (C=O) groups is 1. The second kappa shape index (κ2) is 6.57. The number of ether oxygens (including phenoxy) is 1.